The van der Waals surface area contributed by atoms with Gasteiger partial charge in [0.1, 0.15) is 11.6 Å². The molecule has 0 saturated carbocycles. The van der Waals surface area contributed by atoms with E-state index in [0.29, 0.717) is 5.69 Å². The van der Waals surface area contributed by atoms with Crippen molar-refractivity contribution in [2.75, 3.05) is 18.5 Å². The molecule has 0 unspecified atom stereocenters. The van der Waals surface area contributed by atoms with E-state index in [2.05, 4.69) is 5.32 Å². The summed E-state index contributed by atoms with van der Waals surface area (Å²) in [7, 11) is 0. The highest BCUT2D eigenvalue weighted by Crippen LogP contribution is 2.12. The van der Waals surface area contributed by atoms with Gasteiger partial charge < -0.3 is 14.8 Å². The molecule has 0 bridgehead atoms. The van der Waals surface area contributed by atoms with Crippen molar-refractivity contribution in [1.29, 1.82) is 0 Å². The van der Waals surface area contributed by atoms with Crippen LogP contribution in [0.4, 0.5) is 10.1 Å². The lowest BCUT2D eigenvalue weighted by Gasteiger charge is -2.08. The third kappa shape index (κ3) is 5.78. The van der Waals surface area contributed by atoms with Crippen LogP contribution < -0.4 is 10.1 Å². The van der Waals surface area contributed by atoms with Crippen molar-refractivity contribution in [3.05, 3.63) is 59.9 Å². The van der Waals surface area contributed by atoms with Crippen molar-refractivity contribution in [1.82, 2.24) is 0 Å². The molecule has 0 radical (unpaired) electrons. The van der Waals surface area contributed by atoms with Crippen molar-refractivity contribution >= 4 is 17.6 Å². The number of aryl methyl sites for hydroxylation is 1. The molecule has 5 nitrogen and oxygen atoms in total. The van der Waals surface area contributed by atoms with Gasteiger partial charge in [0.05, 0.1) is 0 Å². The van der Waals surface area contributed by atoms with Crippen molar-refractivity contribution in [3.8, 4) is 5.75 Å². The molecular weight excluding hydrogens is 301 g/mol. The second kappa shape index (κ2) is 7.93. The summed E-state index contributed by atoms with van der Waals surface area (Å²) in [5.74, 6) is -1.41. The summed E-state index contributed by atoms with van der Waals surface area (Å²) in [5.41, 5.74) is 1.63. The summed E-state index contributed by atoms with van der Waals surface area (Å²) in [6.07, 6.45) is 0. The first-order chi connectivity index (χ1) is 11.0. The zero-order chi connectivity index (χ0) is 16.7. The molecule has 0 atom stereocenters. The second-order valence-corrected chi connectivity index (χ2v) is 4.82. The molecule has 2 rings (SSSR count). The van der Waals surface area contributed by atoms with Gasteiger partial charge in [-0.15, -0.1) is 0 Å². The second-order valence-electron chi connectivity index (χ2n) is 4.82. The largest absolute Gasteiger partial charge is 0.482 e. The SMILES string of the molecule is Cc1cccc(NC(=O)COC(=O)COc2cccc(F)c2)c1. The van der Waals surface area contributed by atoms with E-state index in [1.807, 2.05) is 19.1 Å². The minimum absolute atomic E-state index is 0.214. The molecule has 0 aromatic heterocycles. The highest BCUT2D eigenvalue weighted by molar-refractivity contribution is 5.92. The molecule has 23 heavy (non-hydrogen) atoms. The molecular formula is C17H16FNO4. The summed E-state index contributed by atoms with van der Waals surface area (Å²) in [5, 5.41) is 2.61. The van der Waals surface area contributed by atoms with Crippen LogP contribution in [0.15, 0.2) is 48.5 Å². The van der Waals surface area contributed by atoms with Crippen LogP contribution in [0.5, 0.6) is 5.75 Å². The zero-order valence-corrected chi connectivity index (χ0v) is 12.5. The first kappa shape index (κ1) is 16.5. The van der Waals surface area contributed by atoms with Gasteiger partial charge in [0.15, 0.2) is 13.2 Å². The normalized spacial score (nSPS) is 10.0. The number of rotatable bonds is 6. The number of anilines is 1. The Bertz CT molecular complexity index is 702. The summed E-state index contributed by atoms with van der Waals surface area (Å²) in [6.45, 7) is 1.08. The van der Waals surface area contributed by atoms with Crippen LogP contribution in [0.2, 0.25) is 0 Å². The molecule has 0 spiro atoms. The minimum atomic E-state index is -0.714. The summed E-state index contributed by atoms with van der Waals surface area (Å²) < 4.78 is 22.8. The van der Waals surface area contributed by atoms with E-state index >= 15 is 0 Å². The highest BCUT2D eigenvalue weighted by atomic mass is 19.1. The van der Waals surface area contributed by atoms with Gasteiger partial charge in [0.25, 0.3) is 5.91 Å². The van der Waals surface area contributed by atoms with Crippen molar-refractivity contribution in [2.45, 2.75) is 6.92 Å². The van der Waals surface area contributed by atoms with Crippen molar-refractivity contribution in [2.24, 2.45) is 0 Å². The molecule has 0 heterocycles. The number of nitrogens with one attached hydrogen (secondary N) is 1. The number of ether oxygens (including phenoxy) is 2. The Balaban J connectivity index is 1.72. The first-order valence-corrected chi connectivity index (χ1v) is 6.93. The molecule has 2 aromatic rings. The van der Waals surface area contributed by atoms with Crippen LogP contribution in [0.25, 0.3) is 0 Å². The number of amides is 1. The van der Waals surface area contributed by atoms with Crippen LogP contribution in [-0.2, 0) is 14.3 Å². The maximum Gasteiger partial charge on any atom is 0.344 e. The lowest BCUT2D eigenvalue weighted by atomic mass is 10.2. The van der Waals surface area contributed by atoms with Gasteiger partial charge in [0.2, 0.25) is 0 Å². The molecule has 0 aliphatic heterocycles. The fraction of sp³-hybridized carbons (Fsp3) is 0.176. The topological polar surface area (TPSA) is 64.6 Å². The lowest BCUT2D eigenvalue weighted by molar-refractivity contribution is -0.149. The number of esters is 1. The first-order valence-electron chi connectivity index (χ1n) is 6.93. The number of hydrogen-bond donors (Lipinski definition) is 1. The number of benzene rings is 2. The number of carbonyl (C=O) groups is 2. The number of halogens is 1. The van der Waals surface area contributed by atoms with Crippen molar-refractivity contribution in [3.63, 3.8) is 0 Å². The molecule has 0 fully saturated rings. The van der Waals surface area contributed by atoms with Crippen LogP contribution in [0.3, 0.4) is 0 Å². The standard InChI is InChI=1S/C17H16FNO4/c1-12-4-2-6-14(8-12)19-16(20)10-23-17(21)11-22-15-7-3-5-13(18)9-15/h2-9H,10-11H2,1H3,(H,19,20). The predicted octanol–water partition coefficient (Wildman–Crippen LogP) is 2.69. The Morgan fingerprint density at radius 3 is 2.61 bits per heavy atom. The van der Waals surface area contributed by atoms with E-state index < -0.39 is 30.9 Å². The third-order valence-electron chi connectivity index (χ3n) is 2.82. The van der Waals surface area contributed by atoms with E-state index in [1.165, 1.54) is 18.2 Å². The van der Waals surface area contributed by atoms with Crippen LogP contribution in [-0.4, -0.2) is 25.1 Å². The Morgan fingerprint density at radius 2 is 1.87 bits per heavy atom. The van der Waals surface area contributed by atoms with E-state index in [0.717, 1.165) is 11.6 Å². The van der Waals surface area contributed by atoms with Gasteiger partial charge in [0, 0.05) is 11.8 Å². The van der Waals surface area contributed by atoms with Crippen LogP contribution in [0, 0.1) is 12.7 Å². The Morgan fingerprint density at radius 1 is 1.09 bits per heavy atom. The van der Waals surface area contributed by atoms with Gasteiger partial charge in [-0.2, -0.15) is 0 Å². The molecule has 6 heteroatoms. The quantitative estimate of drug-likeness (QED) is 0.832. The van der Waals surface area contributed by atoms with E-state index in [1.54, 1.807) is 12.1 Å². The monoisotopic (exact) mass is 317 g/mol. The molecule has 1 amide bonds. The fourth-order valence-electron chi connectivity index (χ4n) is 1.81. The molecule has 2 aromatic carbocycles. The fourth-order valence-corrected chi connectivity index (χ4v) is 1.81. The summed E-state index contributed by atoms with van der Waals surface area (Å²) >= 11 is 0. The van der Waals surface area contributed by atoms with Crippen molar-refractivity contribution < 1.29 is 23.5 Å². The van der Waals surface area contributed by atoms with E-state index in [4.69, 9.17) is 9.47 Å². The maximum atomic E-state index is 12.9. The molecule has 1 N–H and O–H groups in total. The molecule has 0 aliphatic carbocycles. The average Bonchev–Trinajstić information content (AvgIpc) is 2.51. The minimum Gasteiger partial charge on any atom is -0.482 e. The Hall–Kier alpha value is -2.89. The molecule has 0 saturated heterocycles. The zero-order valence-electron chi connectivity index (χ0n) is 12.5. The maximum absolute atomic E-state index is 12.9. The van der Waals surface area contributed by atoms with Gasteiger partial charge in [-0.25, -0.2) is 9.18 Å². The van der Waals surface area contributed by atoms with Crippen LogP contribution in [0.1, 0.15) is 5.56 Å². The third-order valence-corrected chi connectivity index (χ3v) is 2.82. The molecule has 120 valence electrons. The smallest absolute Gasteiger partial charge is 0.344 e. The van der Waals surface area contributed by atoms with Crippen LogP contribution >= 0.6 is 0 Å². The highest BCUT2D eigenvalue weighted by Gasteiger charge is 2.09. The van der Waals surface area contributed by atoms with Gasteiger partial charge >= 0.3 is 5.97 Å². The van der Waals surface area contributed by atoms with Gasteiger partial charge in [-0.1, -0.05) is 18.2 Å². The van der Waals surface area contributed by atoms with Gasteiger partial charge in [-0.05, 0) is 36.8 Å². The summed E-state index contributed by atoms with van der Waals surface area (Å²) in [6, 6.07) is 12.6. The number of hydrogen-bond acceptors (Lipinski definition) is 4. The van der Waals surface area contributed by atoms with E-state index in [9.17, 15) is 14.0 Å². The van der Waals surface area contributed by atoms with E-state index in [-0.39, 0.29) is 5.75 Å². The lowest BCUT2D eigenvalue weighted by Crippen LogP contribution is -2.23. The number of carbonyl (C=O) groups excluding carboxylic acids is 2. The average molecular weight is 317 g/mol. The molecule has 0 aliphatic rings. The Kier molecular flexibility index (Phi) is 5.68. The summed E-state index contributed by atoms with van der Waals surface area (Å²) in [4.78, 5) is 23.2. The predicted molar refractivity (Wildman–Crippen MR) is 82.7 cm³/mol. The Labute approximate surface area is 133 Å². The van der Waals surface area contributed by atoms with Gasteiger partial charge in [-0.3, -0.25) is 4.79 Å².